The number of hydrogen-bond donors (Lipinski definition) is 2. The summed E-state index contributed by atoms with van der Waals surface area (Å²) in [6, 6.07) is -0.553. The lowest BCUT2D eigenvalue weighted by molar-refractivity contribution is -0.139. The zero-order valence-electron chi connectivity index (χ0n) is 9.62. The van der Waals surface area contributed by atoms with Crippen LogP contribution in [-0.4, -0.2) is 25.3 Å². The highest BCUT2D eigenvalue weighted by Gasteiger charge is 2.30. The fraction of sp³-hybridized carbons (Fsp3) is 1.00. The summed E-state index contributed by atoms with van der Waals surface area (Å²) in [7, 11) is 0. The van der Waals surface area contributed by atoms with E-state index in [4.69, 9.17) is 5.73 Å². The van der Waals surface area contributed by atoms with Crippen LogP contribution in [0.1, 0.15) is 33.6 Å². The molecule has 0 rings (SSSR count). The summed E-state index contributed by atoms with van der Waals surface area (Å²) in [5.41, 5.74) is 5.46. The monoisotopic (exact) mass is 226 g/mol. The molecule has 0 saturated carbocycles. The van der Waals surface area contributed by atoms with Crippen molar-refractivity contribution < 1.29 is 13.2 Å². The number of halogens is 3. The lowest BCUT2D eigenvalue weighted by Gasteiger charge is -2.29. The molecule has 0 aromatic heterocycles. The van der Waals surface area contributed by atoms with Crippen molar-refractivity contribution >= 4 is 0 Å². The van der Waals surface area contributed by atoms with Gasteiger partial charge < -0.3 is 11.1 Å². The van der Waals surface area contributed by atoms with Crippen molar-refractivity contribution in [2.24, 2.45) is 11.1 Å². The van der Waals surface area contributed by atoms with Crippen LogP contribution in [0.2, 0.25) is 0 Å². The molecular formula is C10H21F3N2. The first-order valence-electron chi connectivity index (χ1n) is 5.22. The van der Waals surface area contributed by atoms with Crippen LogP contribution in [0.25, 0.3) is 0 Å². The zero-order valence-corrected chi connectivity index (χ0v) is 9.62. The summed E-state index contributed by atoms with van der Waals surface area (Å²) in [5.74, 6) is 0. The average molecular weight is 226 g/mol. The summed E-state index contributed by atoms with van der Waals surface area (Å²) in [6.45, 7) is 6.51. The van der Waals surface area contributed by atoms with E-state index >= 15 is 0 Å². The summed E-state index contributed by atoms with van der Waals surface area (Å²) in [4.78, 5) is 0. The Morgan fingerprint density at radius 2 is 1.87 bits per heavy atom. The van der Waals surface area contributed by atoms with Gasteiger partial charge in [0.1, 0.15) is 0 Å². The maximum Gasteiger partial charge on any atom is 0.390 e. The second-order valence-electron chi connectivity index (χ2n) is 4.47. The van der Waals surface area contributed by atoms with Crippen LogP contribution in [0, 0.1) is 5.41 Å². The van der Waals surface area contributed by atoms with Crippen molar-refractivity contribution in [3.8, 4) is 0 Å². The molecule has 15 heavy (non-hydrogen) atoms. The normalized spacial score (nSPS) is 18.6. The molecule has 0 saturated heterocycles. The van der Waals surface area contributed by atoms with Gasteiger partial charge in [-0.15, -0.1) is 0 Å². The highest BCUT2D eigenvalue weighted by Crippen LogP contribution is 2.22. The largest absolute Gasteiger partial charge is 0.390 e. The zero-order chi connectivity index (χ0) is 12.1. The summed E-state index contributed by atoms with van der Waals surface area (Å²) in [5, 5.41) is 2.88. The molecule has 0 bridgehead atoms. The van der Waals surface area contributed by atoms with Crippen molar-refractivity contribution in [2.45, 2.75) is 45.8 Å². The Bertz CT molecular complexity index is 176. The molecule has 0 aromatic rings. The second-order valence-corrected chi connectivity index (χ2v) is 4.47. The molecule has 0 aliphatic carbocycles. The Hall–Kier alpha value is -0.290. The van der Waals surface area contributed by atoms with Gasteiger partial charge in [0.2, 0.25) is 0 Å². The molecule has 0 spiro atoms. The van der Waals surface area contributed by atoms with Gasteiger partial charge in [0.05, 0.1) is 6.42 Å². The molecule has 2 nitrogen and oxygen atoms in total. The first-order chi connectivity index (χ1) is 6.72. The van der Waals surface area contributed by atoms with Gasteiger partial charge in [0.25, 0.3) is 0 Å². The number of alkyl halides is 3. The van der Waals surface area contributed by atoms with Crippen LogP contribution in [0.5, 0.6) is 0 Å². The summed E-state index contributed by atoms with van der Waals surface area (Å²) >= 11 is 0. The number of nitrogens with one attached hydrogen (secondary N) is 1. The van der Waals surface area contributed by atoms with Gasteiger partial charge in [0.15, 0.2) is 0 Å². The van der Waals surface area contributed by atoms with E-state index in [2.05, 4.69) is 5.32 Å². The van der Waals surface area contributed by atoms with E-state index in [9.17, 15) is 13.2 Å². The van der Waals surface area contributed by atoms with E-state index in [0.717, 1.165) is 6.42 Å². The van der Waals surface area contributed by atoms with E-state index in [-0.39, 0.29) is 5.41 Å². The van der Waals surface area contributed by atoms with Gasteiger partial charge in [-0.1, -0.05) is 13.8 Å². The van der Waals surface area contributed by atoms with Gasteiger partial charge in [-0.3, -0.25) is 0 Å². The van der Waals surface area contributed by atoms with E-state index in [1.165, 1.54) is 0 Å². The SMILES string of the molecule is CCC(C)(CN)CNC(C)CC(F)(F)F. The molecular weight excluding hydrogens is 205 g/mol. The van der Waals surface area contributed by atoms with Gasteiger partial charge >= 0.3 is 6.18 Å². The first kappa shape index (κ1) is 14.7. The maximum atomic E-state index is 12.0. The van der Waals surface area contributed by atoms with Gasteiger partial charge in [-0.2, -0.15) is 13.2 Å². The van der Waals surface area contributed by atoms with Crippen LogP contribution in [0.3, 0.4) is 0 Å². The Morgan fingerprint density at radius 1 is 1.33 bits per heavy atom. The molecule has 0 amide bonds. The highest BCUT2D eigenvalue weighted by molar-refractivity contribution is 4.78. The third-order valence-electron chi connectivity index (χ3n) is 2.76. The van der Waals surface area contributed by atoms with Crippen molar-refractivity contribution in [1.29, 1.82) is 0 Å². The molecule has 0 heterocycles. The topological polar surface area (TPSA) is 38.0 Å². The van der Waals surface area contributed by atoms with E-state index in [0.29, 0.717) is 13.1 Å². The second kappa shape index (κ2) is 5.70. The van der Waals surface area contributed by atoms with E-state index in [1.807, 2.05) is 13.8 Å². The van der Waals surface area contributed by atoms with E-state index < -0.39 is 18.6 Å². The third kappa shape index (κ3) is 6.73. The molecule has 5 heteroatoms. The van der Waals surface area contributed by atoms with Crippen LogP contribution in [0.4, 0.5) is 13.2 Å². The maximum absolute atomic E-state index is 12.0. The molecule has 2 unspecified atom stereocenters. The van der Waals surface area contributed by atoms with E-state index in [1.54, 1.807) is 6.92 Å². The summed E-state index contributed by atoms with van der Waals surface area (Å²) < 4.78 is 36.1. The van der Waals surface area contributed by atoms with Gasteiger partial charge in [-0.25, -0.2) is 0 Å². The van der Waals surface area contributed by atoms with Crippen LogP contribution in [0.15, 0.2) is 0 Å². The third-order valence-corrected chi connectivity index (χ3v) is 2.76. The quantitative estimate of drug-likeness (QED) is 0.729. The fourth-order valence-electron chi connectivity index (χ4n) is 1.18. The van der Waals surface area contributed by atoms with Crippen molar-refractivity contribution in [2.75, 3.05) is 13.1 Å². The molecule has 92 valence electrons. The molecule has 0 aliphatic heterocycles. The van der Waals surface area contributed by atoms with Gasteiger partial charge in [0, 0.05) is 12.6 Å². The first-order valence-corrected chi connectivity index (χ1v) is 5.22. The molecule has 0 aromatic carbocycles. The molecule has 0 radical (unpaired) electrons. The number of rotatable bonds is 6. The Labute approximate surface area is 89.4 Å². The summed E-state index contributed by atoms with van der Waals surface area (Å²) in [6.07, 6.45) is -4.04. The minimum absolute atomic E-state index is 0.111. The lowest BCUT2D eigenvalue weighted by atomic mass is 9.87. The minimum atomic E-state index is -4.10. The van der Waals surface area contributed by atoms with Crippen LogP contribution >= 0.6 is 0 Å². The average Bonchev–Trinajstić information content (AvgIpc) is 2.12. The standard InChI is InChI=1S/C10H21F3N2/c1-4-9(3,6-14)7-15-8(2)5-10(11,12)13/h8,15H,4-7,14H2,1-3H3. The molecule has 0 fully saturated rings. The smallest absolute Gasteiger partial charge is 0.330 e. The molecule has 3 N–H and O–H groups in total. The van der Waals surface area contributed by atoms with Crippen LogP contribution in [-0.2, 0) is 0 Å². The van der Waals surface area contributed by atoms with Crippen molar-refractivity contribution in [3.63, 3.8) is 0 Å². The predicted molar refractivity (Wildman–Crippen MR) is 55.6 cm³/mol. The number of hydrogen-bond acceptors (Lipinski definition) is 2. The minimum Gasteiger partial charge on any atom is -0.330 e. The molecule has 2 atom stereocenters. The van der Waals surface area contributed by atoms with Crippen LogP contribution < -0.4 is 11.1 Å². The van der Waals surface area contributed by atoms with Gasteiger partial charge in [-0.05, 0) is 25.3 Å². The highest BCUT2D eigenvalue weighted by atomic mass is 19.4. The number of nitrogens with two attached hydrogens (primary N) is 1. The van der Waals surface area contributed by atoms with Crippen molar-refractivity contribution in [1.82, 2.24) is 5.32 Å². The Kier molecular flexibility index (Phi) is 5.59. The Balaban J connectivity index is 3.94. The van der Waals surface area contributed by atoms with Crippen molar-refractivity contribution in [3.05, 3.63) is 0 Å². The predicted octanol–water partition coefficient (Wildman–Crippen LogP) is 2.29. The molecule has 0 aliphatic rings. The Morgan fingerprint density at radius 3 is 2.20 bits per heavy atom. The lowest BCUT2D eigenvalue weighted by Crippen LogP contribution is -2.42. The fourth-order valence-corrected chi connectivity index (χ4v) is 1.18.